The number of amides is 2. The van der Waals surface area contributed by atoms with Gasteiger partial charge in [0.15, 0.2) is 5.65 Å². The van der Waals surface area contributed by atoms with E-state index in [-0.39, 0.29) is 11.6 Å². The topological polar surface area (TPSA) is 113 Å². The third-order valence-electron chi connectivity index (χ3n) is 7.05. The fourth-order valence-electron chi connectivity index (χ4n) is 4.80. The quantitative estimate of drug-likeness (QED) is 0.208. The van der Waals surface area contributed by atoms with E-state index >= 15 is 0 Å². The van der Waals surface area contributed by atoms with Gasteiger partial charge in [-0.2, -0.15) is 13.2 Å². The molecule has 1 saturated heterocycles. The lowest BCUT2D eigenvalue weighted by Gasteiger charge is -2.28. The molecule has 5 aromatic rings. The molecule has 0 bridgehead atoms. The number of halogens is 3. The Balaban J connectivity index is 1.12. The molecular formula is C31H26F3N7O3. The molecule has 1 aliphatic rings. The van der Waals surface area contributed by atoms with Gasteiger partial charge in [-0.1, -0.05) is 6.07 Å². The number of hydrogen-bond acceptors (Lipinski definition) is 7. The SMILES string of the molecule is O=C(Nc1ccc(N2CCOCC2)cc1)c1cccc(NC(=O)n2ccc3c(Nc4ccc(C(F)(F)F)cc4)ncnc32)c1. The molecule has 6 rings (SSSR count). The Hall–Kier alpha value is -5.43. The van der Waals surface area contributed by atoms with Crippen molar-refractivity contribution < 1.29 is 27.5 Å². The summed E-state index contributed by atoms with van der Waals surface area (Å²) in [6.07, 6.45) is -1.69. The van der Waals surface area contributed by atoms with Crippen LogP contribution in [0.5, 0.6) is 0 Å². The molecule has 10 nitrogen and oxygen atoms in total. The number of carbonyl (C=O) groups excluding carboxylic acids is 2. The molecule has 1 fully saturated rings. The predicted molar refractivity (Wildman–Crippen MR) is 161 cm³/mol. The van der Waals surface area contributed by atoms with E-state index in [4.69, 9.17) is 4.74 Å². The average Bonchev–Trinajstić information content (AvgIpc) is 3.47. The van der Waals surface area contributed by atoms with E-state index in [9.17, 15) is 22.8 Å². The van der Waals surface area contributed by atoms with Crippen LogP contribution >= 0.6 is 0 Å². The number of hydrogen-bond donors (Lipinski definition) is 3. The number of nitrogens with zero attached hydrogens (tertiary/aromatic N) is 4. The van der Waals surface area contributed by atoms with Gasteiger partial charge >= 0.3 is 12.2 Å². The van der Waals surface area contributed by atoms with E-state index in [1.54, 1.807) is 30.3 Å². The Bertz CT molecular complexity index is 1800. The van der Waals surface area contributed by atoms with Gasteiger partial charge in [-0.15, -0.1) is 0 Å². The van der Waals surface area contributed by atoms with Gasteiger partial charge in [-0.05, 0) is 72.8 Å². The maximum Gasteiger partial charge on any atom is 0.416 e. The van der Waals surface area contributed by atoms with Crippen molar-refractivity contribution in [2.75, 3.05) is 47.2 Å². The maximum absolute atomic E-state index is 13.2. The minimum Gasteiger partial charge on any atom is -0.378 e. The first kappa shape index (κ1) is 28.7. The molecule has 0 spiro atoms. The smallest absolute Gasteiger partial charge is 0.378 e. The molecule has 3 heterocycles. The second kappa shape index (κ2) is 12.1. The number of aromatic nitrogens is 3. The fraction of sp³-hybridized carbons (Fsp3) is 0.161. The summed E-state index contributed by atoms with van der Waals surface area (Å²) in [5.41, 5.74) is 2.34. The normalized spacial score (nSPS) is 13.5. The summed E-state index contributed by atoms with van der Waals surface area (Å²) < 4.78 is 45.4. The summed E-state index contributed by atoms with van der Waals surface area (Å²) in [5.74, 6) is -0.0173. The number of fused-ring (bicyclic) bond motifs is 1. The van der Waals surface area contributed by atoms with Crippen LogP contribution in [0.25, 0.3) is 11.0 Å². The zero-order valence-electron chi connectivity index (χ0n) is 23.1. The van der Waals surface area contributed by atoms with E-state index in [1.165, 1.54) is 29.2 Å². The van der Waals surface area contributed by atoms with Crippen molar-refractivity contribution in [3.8, 4) is 0 Å². The molecule has 2 amide bonds. The number of alkyl halides is 3. The molecule has 13 heteroatoms. The van der Waals surface area contributed by atoms with Crippen LogP contribution < -0.4 is 20.9 Å². The molecular weight excluding hydrogens is 575 g/mol. The Labute approximate surface area is 249 Å². The number of carbonyl (C=O) groups is 2. The summed E-state index contributed by atoms with van der Waals surface area (Å²) in [4.78, 5) is 36.8. The average molecular weight is 602 g/mol. The number of nitrogens with one attached hydrogen (secondary N) is 3. The van der Waals surface area contributed by atoms with Gasteiger partial charge in [0.2, 0.25) is 0 Å². The van der Waals surface area contributed by atoms with Crippen LogP contribution in [0.1, 0.15) is 15.9 Å². The van der Waals surface area contributed by atoms with Gasteiger partial charge in [0.25, 0.3) is 5.91 Å². The second-order valence-electron chi connectivity index (χ2n) is 9.96. The standard InChI is InChI=1S/C31H26F3N7O3/c32-31(33,34)21-4-6-22(7-5-21)37-27-26-12-13-41(28(26)36-19-35-27)30(43)39-24-3-1-2-20(18-24)29(42)38-23-8-10-25(11-9-23)40-14-16-44-17-15-40/h1-13,18-19H,14-17H2,(H,38,42)(H,39,43)(H,35,36,37). The van der Waals surface area contributed by atoms with Gasteiger partial charge in [0.1, 0.15) is 12.1 Å². The van der Waals surface area contributed by atoms with Crippen molar-refractivity contribution in [3.63, 3.8) is 0 Å². The Morgan fingerprint density at radius 1 is 0.818 bits per heavy atom. The summed E-state index contributed by atoms with van der Waals surface area (Å²) in [6, 6.07) is 19.7. The predicted octanol–water partition coefficient (Wildman–Crippen LogP) is 6.36. The second-order valence-corrected chi connectivity index (χ2v) is 9.96. The Kier molecular flexibility index (Phi) is 7.85. The summed E-state index contributed by atoms with van der Waals surface area (Å²) in [7, 11) is 0. The molecule has 3 aromatic carbocycles. The highest BCUT2D eigenvalue weighted by Gasteiger charge is 2.30. The van der Waals surface area contributed by atoms with Gasteiger partial charge < -0.3 is 25.6 Å². The minimum atomic E-state index is -4.44. The van der Waals surface area contributed by atoms with Crippen molar-refractivity contribution in [2.45, 2.75) is 6.18 Å². The van der Waals surface area contributed by atoms with Crippen LogP contribution in [0.15, 0.2) is 91.4 Å². The molecule has 0 atom stereocenters. The lowest BCUT2D eigenvalue weighted by Crippen LogP contribution is -2.36. The van der Waals surface area contributed by atoms with Crippen molar-refractivity contribution in [3.05, 3.63) is 103 Å². The molecule has 44 heavy (non-hydrogen) atoms. The third kappa shape index (κ3) is 6.32. The van der Waals surface area contributed by atoms with Crippen LogP contribution in [0, 0.1) is 0 Å². The Morgan fingerprint density at radius 3 is 2.27 bits per heavy atom. The number of ether oxygens (including phenoxy) is 1. The van der Waals surface area contributed by atoms with E-state index < -0.39 is 17.8 Å². The van der Waals surface area contributed by atoms with E-state index in [0.29, 0.717) is 47.0 Å². The summed E-state index contributed by atoms with van der Waals surface area (Å²) in [5, 5.41) is 9.10. The number of benzene rings is 3. The first-order valence-electron chi connectivity index (χ1n) is 13.7. The van der Waals surface area contributed by atoms with Crippen LogP contribution in [0.2, 0.25) is 0 Å². The van der Waals surface area contributed by atoms with E-state index in [0.717, 1.165) is 30.9 Å². The largest absolute Gasteiger partial charge is 0.416 e. The zero-order chi connectivity index (χ0) is 30.7. The van der Waals surface area contributed by atoms with Crippen LogP contribution in [0.4, 0.5) is 46.5 Å². The molecule has 224 valence electrons. The molecule has 0 radical (unpaired) electrons. The summed E-state index contributed by atoms with van der Waals surface area (Å²) in [6.45, 7) is 3.00. The van der Waals surface area contributed by atoms with Crippen LogP contribution in [-0.4, -0.2) is 52.8 Å². The molecule has 0 aliphatic carbocycles. The molecule has 3 N–H and O–H groups in total. The van der Waals surface area contributed by atoms with Gasteiger partial charge in [0, 0.05) is 47.6 Å². The first-order valence-corrected chi connectivity index (χ1v) is 13.7. The van der Waals surface area contributed by atoms with Crippen molar-refractivity contribution in [1.82, 2.24) is 14.5 Å². The lowest BCUT2D eigenvalue weighted by molar-refractivity contribution is -0.137. The highest BCUT2D eigenvalue weighted by atomic mass is 19.4. The summed E-state index contributed by atoms with van der Waals surface area (Å²) >= 11 is 0. The zero-order valence-corrected chi connectivity index (χ0v) is 23.1. The van der Waals surface area contributed by atoms with E-state index in [1.807, 2.05) is 24.3 Å². The number of morpholine rings is 1. The van der Waals surface area contributed by atoms with Crippen molar-refractivity contribution >= 4 is 51.5 Å². The molecule has 2 aromatic heterocycles. The number of rotatable bonds is 6. The van der Waals surface area contributed by atoms with Crippen molar-refractivity contribution in [2.24, 2.45) is 0 Å². The third-order valence-corrected chi connectivity index (χ3v) is 7.05. The minimum absolute atomic E-state index is 0.279. The maximum atomic E-state index is 13.2. The van der Waals surface area contributed by atoms with Crippen molar-refractivity contribution in [1.29, 1.82) is 0 Å². The first-order chi connectivity index (χ1) is 21.2. The Morgan fingerprint density at radius 2 is 1.55 bits per heavy atom. The molecule has 0 unspecified atom stereocenters. The molecule has 1 aliphatic heterocycles. The lowest BCUT2D eigenvalue weighted by atomic mass is 10.1. The highest BCUT2D eigenvalue weighted by Crippen LogP contribution is 2.31. The highest BCUT2D eigenvalue weighted by molar-refractivity contribution is 6.06. The monoisotopic (exact) mass is 601 g/mol. The molecule has 0 saturated carbocycles. The van der Waals surface area contributed by atoms with Gasteiger partial charge in [-0.3, -0.25) is 9.36 Å². The van der Waals surface area contributed by atoms with Gasteiger partial charge in [-0.25, -0.2) is 14.8 Å². The van der Waals surface area contributed by atoms with Gasteiger partial charge in [0.05, 0.1) is 24.2 Å². The number of anilines is 5. The van der Waals surface area contributed by atoms with Crippen LogP contribution in [0.3, 0.4) is 0 Å². The van der Waals surface area contributed by atoms with Crippen LogP contribution in [-0.2, 0) is 10.9 Å². The fourth-order valence-corrected chi connectivity index (χ4v) is 4.80. The van der Waals surface area contributed by atoms with E-state index in [2.05, 4.69) is 30.8 Å².